The van der Waals surface area contributed by atoms with E-state index >= 15 is 0 Å². The average molecular weight is 196 g/mol. The lowest BCUT2D eigenvalue weighted by Gasteiger charge is -2.05. The van der Waals surface area contributed by atoms with Crippen molar-refractivity contribution < 1.29 is 0 Å². The molecule has 0 fully saturated rings. The van der Waals surface area contributed by atoms with E-state index in [1.165, 1.54) is 34.8 Å². The third-order valence-corrected chi connectivity index (χ3v) is 3.93. The maximum Gasteiger partial charge on any atom is 0.0971 e. The van der Waals surface area contributed by atoms with Crippen molar-refractivity contribution in [3.8, 4) is 0 Å². The van der Waals surface area contributed by atoms with Gasteiger partial charge in [-0.15, -0.1) is 11.3 Å². The van der Waals surface area contributed by atoms with E-state index in [1.54, 1.807) is 0 Å². The molecule has 2 rings (SSSR count). The molecule has 3 heteroatoms. The van der Waals surface area contributed by atoms with Gasteiger partial charge in [-0.25, -0.2) is 4.98 Å². The number of fused-ring (bicyclic) bond motifs is 1. The van der Waals surface area contributed by atoms with Crippen LogP contribution >= 0.6 is 11.3 Å². The molecule has 1 aromatic heterocycles. The molecule has 1 aromatic rings. The fourth-order valence-electron chi connectivity index (χ4n) is 1.81. The summed E-state index contributed by atoms with van der Waals surface area (Å²) in [7, 11) is 2.00. The largest absolute Gasteiger partial charge is 0.319 e. The van der Waals surface area contributed by atoms with Crippen molar-refractivity contribution in [2.75, 3.05) is 13.6 Å². The summed E-state index contributed by atoms with van der Waals surface area (Å²) >= 11 is 1.92. The minimum absolute atomic E-state index is 0.570. The van der Waals surface area contributed by atoms with E-state index in [1.807, 2.05) is 18.4 Å². The number of aromatic nitrogens is 1. The van der Waals surface area contributed by atoms with Gasteiger partial charge in [0, 0.05) is 17.3 Å². The first kappa shape index (κ1) is 9.16. The van der Waals surface area contributed by atoms with E-state index in [4.69, 9.17) is 0 Å². The highest BCUT2D eigenvalue weighted by atomic mass is 32.1. The van der Waals surface area contributed by atoms with Gasteiger partial charge in [0.05, 0.1) is 10.7 Å². The highest BCUT2D eigenvalue weighted by Gasteiger charge is 2.18. The molecule has 0 bridgehead atoms. The fraction of sp³-hybridized carbons (Fsp3) is 0.700. The minimum Gasteiger partial charge on any atom is -0.319 e. The third-order valence-electron chi connectivity index (χ3n) is 2.54. The Morgan fingerprint density at radius 2 is 2.38 bits per heavy atom. The molecule has 0 amide bonds. The van der Waals surface area contributed by atoms with Gasteiger partial charge >= 0.3 is 0 Å². The lowest BCUT2D eigenvalue weighted by Crippen LogP contribution is -2.14. The molecular weight excluding hydrogens is 180 g/mol. The molecule has 0 aromatic carbocycles. The Bertz CT molecular complexity index is 272. The summed E-state index contributed by atoms with van der Waals surface area (Å²) in [6, 6.07) is 0. The van der Waals surface area contributed by atoms with E-state index in [2.05, 4.69) is 17.2 Å². The van der Waals surface area contributed by atoms with Crippen molar-refractivity contribution in [1.82, 2.24) is 10.3 Å². The lowest BCUT2D eigenvalue weighted by molar-refractivity contribution is 0.671. The van der Waals surface area contributed by atoms with Crippen LogP contribution in [0.15, 0.2) is 0 Å². The molecule has 72 valence electrons. The van der Waals surface area contributed by atoms with Crippen molar-refractivity contribution in [1.29, 1.82) is 0 Å². The summed E-state index contributed by atoms with van der Waals surface area (Å²) in [4.78, 5) is 6.23. The minimum atomic E-state index is 0.570. The summed E-state index contributed by atoms with van der Waals surface area (Å²) in [6.45, 7) is 3.27. The van der Waals surface area contributed by atoms with Crippen LogP contribution in [0, 0.1) is 0 Å². The normalized spacial score (nSPS) is 17.4. The van der Waals surface area contributed by atoms with Crippen molar-refractivity contribution in [2.45, 2.75) is 32.1 Å². The predicted molar refractivity (Wildman–Crippen MR) is 56.5 cm³/mol. The molecule has 1 atom stereocenters. The van der Waals surface area contributed by atoms with E-state index in [0.717, 1.165) is 6.54 Å². The van der Waals surface area contributed by atoms with Crippen molar-refractivity contribution in [3.05, 3.63) is 15.6 Å². The van der Waals surface area contributed by atoms with Gasteiger partial charge in [0.2, 0.25) is 0 Å². The molecule has 13 heavy (non-hydrogen) atoms. The Balaban J connectivity index is 2.13. The zero-order chi connectivity index (χ0) is 9.26. The van der Waals surface area contributed by atoms with Gasteiger partial charge < -0.3 is 5.32 Å². The first-order valence-electron chi connectivity index (χ1n) is 4.94. The number of likely N-dealkylation sites (N-methyl/N-ethyl adjacent to an activating group) is 1. The van der Waals surface area contributed by atoms with Crippen LogP contribution < -0.4 is 5.32 Å². The monoisotopic (exact) mass is 196 g/mol. The smallest absolute Gasteiger partial charge is 0.0971 e. The summed E-state index contributed by atoms with van der Waals surface area (Å²) in [5.41, 5.74) is 1.38. The van der Waals surface area contributed by atoms with Gasteiger partial charge in [-0.05, 0) is 26.3 Å². The molecular formula is C10H16N2S. The van der Waals surface area contributed by atoms with E-state index < -0.39 is 0 Å². The van der Waals surface area contributed by atoms with Gasteiger partial charge in [0.25, 0.3) is 0 Å². The first-order chi connectivity index (χ1) is 6.31. The SMILES string of the molecule is CNCC(C)c1nc2c(s1)CCC2. The molecule has 1 heterocycles. The fourth-order valence-corrected chi connectivity index (χ4v) is 3.02. The summed E-state index contributed by atoms with van der Waals surface area (Å²) in [5, 5.41) is 4.52. The van der Waals surface area contributed by atoms with E-state index in [-0.39, 0.29) is 0 Å². The number of hydrogen-bond acceptors (Lipinski definition) is 3. The Morgan fingerprint density at radius 3 is 3.08 bits per heavy atom. The van der Waals surface area contributed by atoms with Crippen LogP contribution in [0.2, 0.25) is 0 Å². The maximum absolute atomic E-state index is 4.69. The van der Waals surface area contributed by atoms with Crippen LogP contribution in [0.4, 0.5) is 0 Å². The van der Waals surface area contributed by atoms with Gasteiger partial charge in [0.15, 0.2) is 0 Å². The van der Waals surface area contributed by atoms with Gasteiger partial charge in [-0.1, -0.05) is 6.92 Å². The second kappa shape index (κ2) is 3.76. The van der Waals surface area contributed by atoms with Crippen LogP contribution in [-0.2, 0) is 12.8 Å². The standard InChI is InChI=1S/C10H16N2S/c1-7(6-11-2)10-12-8-4-3-5-9(8)13-10/h7,11H,3-6H2,1-2H3. The number of aryl methyl sites for hydroxylation is 2. The second-order valence-corrected chi connectivity index (χ2v) is 4.85. The topological polar surface area (TPSA) is 24.9 Å². The third kappa shape index (κ3) is 1.76. The molecule has 2 nitrogen and oxygen atoms in total. The number of thiazole rings is 1. The van der Waals surface area contributed by atoms with Gasteiger partial charge in [-0.2, -0.15) is 0 Å². The Labute approximate surface area is 83.4 Å². The second-order valence-electron chi connectivity index (χ2n) is 3.73. The maximum atomic E-state index is 4.69. The van der Waals surface area contributed by atoms with Crippen LogP contribution in [0.5, 0.6) is 0 Å². The van der Waals surface area contributed by atoms with Crippen LogP contribution in [-0.4, -0.2) is 18.6 Å². The van der Waals surface area contributed by atoms with Gasteiger partial charge in [-0.3, -0.25) is 0 Å². The summed E-state index contributed by atoms with van der Waals surface area (Å²) in [5.74, 6) is 0.570. The van der Waals surface area contributed by atoms with Gasteiger partial charge in [0.1, 0.15) is 0 Å². The average Bonchev–Trinajstić information content (AvgIpc) is 2.61. The Hall–Kier alpha value is -0.410. The molecule has 1 aliphatic carbocycles. The zero-order valence-electron chi connectivity index (χ0n) is 8.26. The van der Waals surface area contributed by atoms with Crippen molar-refractivity contribution in [3.63, 3.8) is 0 Å². The molecule has 1 aliphatic rings. The number of hydrogen-bond donors (Lipinski definition) is 1. The highest BCUT2D eigenvalue weighted by Crippen LogP contribution is 2.30. The molecule has 0 radical (unpaired) electrons. The Kier molecular flexibility index (Phi) is 2.65. The molecule has 0 aliphatic heterocycles. The van der Waals surface area contributed by atoms with Crippen LogP contribution in [0.3, 0.4) is 0 Å². The summed E-state index contributed by atoms with van der Waals surface area (Å²) < 4.78 is 0. The Morgan fingerprint density at radius 1 is 1.54 bits per heavy atom. The van der Waals surface area contributed by atoms with E-state index in [0.29, 0.717) is 5.92 Å². The number of nitrogens with one attached hydrogen (secondary N) is 1. The molecule has 0 saturated heterocycles. The van der Waals surface area contributed by atoms with Crippen LogP contribution in [0.1, 0.15) is 34.8 Å². The molecule has 0 spiro atoms. The van der Waals surface area contributed by atoms with Crippen molar-refractivity contribution >= 4 is 11.3 Å². The van der Waals surface area contributed by atoms with Crippen molar-refractivity contribution in [2.24, 2.45) is 0 Å². The predicted octanol–water partition coefficient (Wildman–Crippen LogP) is 1.95. The van der Waals surface area contributed by atoms with E-state index in [9.17, 15) is 0 Å². The summed E-state index contributed by atoms with van der Waals surface area (Å²) in [6.07, 6.45) is 3.78. The molecule has 1 unspecified atom stereocenters. The zero-order valence-corrected chi connectivity index (χ0v) is 9.08. The number of nitrogens with zero attached hydrogens (tertiary/aromatic N) is 1. The molecule has 1 N–H and O–H groups in total. The number of rotatable bonds is 3. The van der Waals surface area contributed by atoms with Crippen LogP contribution in [0.25, 0.3) is 0 Å². The first-order valence-corrected chi connectivity index (χ1v) is 5.76. The quantitative estimate of drug-likeness (QED) is 0.799. The lowest BCUT2D eigenvalue weighted by atomic mass is 10.2. The highest BCUT2D eigenvalue weighted by molar-refractivity contribution is 7.11. The molecule has 0 saturated carbocycles.